The molecule has 1 rings (SSSR count). The minimum atomic E-state index is -0.270. The molecule has 0 saturated carbocycles. The number of amides is 1. The number of rotatable bonds is 6. The van der Waals surface area contributed by atoms with Crippen molar-refractivity contribution in [1.82, 2.24) is 10.2 Å². The summed E-state index contributed by atoms with van der Waals surface area (Å²) in [5.41, 5.74) is 5.13. The molecule has 0 aromatic carbocycles. The van der Waals surface area contributed by atoms with E-state index in [4.69, 9.17) is 5.73 Å². The maximum absolute atomic E-state index is 10.7. The highest BCUT2D eigenvalue weighted by Crippen LogP contribution is 2.19. The van der Waals surface area contributed by atoms with Crippen molar-refractivity contribution < 1.29 is 4.79 Å². The lowest BCUT2D eigenvalue weighted by molar-refractivity contribution is -0.117. The Morgan fingerprint density at radius 3 is 3.00 bits per heavy atom. The molecule has 3 N–H and O–H groups in total. The molecule has 16 heavy (non-hydrogen) atoms. The summed E-state index contributed by atoms with van der Waals surface area (Å²) in [7, 11) is 0. The summed E-state index contributed by atoms with van der Waals surface area (Å²) in [6.45, 7) is 8.25. The first-order valence-corrected chi connectivity index (χ1v) is 6.37. The predicted molar refractivity (Wildman–Crippen MR) is 66.1 cm³/mol. The molecule has 2 unspecified atom stereocenters. The molecule has 2 atom stereocenters. The molecule has 94 valence electrons. The average molecular weight is 227 g/mol. The van der Waals surface area contributed by atoms with Gasteiger partial charge in [-0.2, -0.15) is 0 Å². The van der Waals surface area contributed by atoms with E-state index >= 15 is 0 Å². The van der Waals surface area contributed by atoms with Crippen molar-refractivity contribution in [3.8, 4) is 0 Å². The van der Waals surface area contributed by atoms with Gasteiger partial charge >= 0.3 is 0 Å². The molecule has 0 aromatic rings. The molecule has 1 aliphatic heterocycles. The first kappa shape index (κ1) is 13.5. The molecule has 1 amide bonds. The van der Waals surface area contributed by atoms with Gasteiger partial charge in [-0.15, -0.1) is 0 Å². The van der Waals surface area contributed by atoms with E-state index in [1.54, 1.807) is 0 Å². The Morgan fingerprint density at radius 2 is 2.38 bits per heavy atom. The Hall–Kier alpha value is -0.610. The number of nitrogens with zero attached hydrogens (tertiary/aromatic N) is 1. The van der Waals surface area contributed by atoms with Crippen LogP contribution in [0.25, 0.3) is 0 Å². The third-order valence-electron chi connectivity index (χ3n) is 3.39. The fourth-order valence-electron chi connectivity index (χ4n) is 2.45. The lowest BCUT2D eigenvalue weighted by atomic mass is 9.91. The van der Waals surface area contributed by atoms with Gasteiger partial charge in [-0.3, -0.25) is 4.79 Å². The zero-order chi connectivity index (χ0) is 12.0. The van der Waals surface area contributed by atoms with Crippen LogP contribution < -0.4 is 11.1 Å². The van der Waals surface area contributed by atoms with E-state index in [9.17, 15) is 4.79 Å². The van der Waals surface area contributed by atoms with Crippen LogP contribution in [0.4, 0.5) is 0 Å². The Morgan fingerprint density at radius 1 is 1.62 bits per heavy atom. The van der Waals surface area contributed by atoms with Crippen molar-refractivity contribution in [3.05, 3.63) is 0 Å². The van der Waals surface area contributed by atoms with E-state index in [0.29, 0.717) is 18.5 Å². The summed E-state index contributed by atoms with van der Waals surface area (Å²) in [5.74, 6) is 0.382. The zero-order valence-corrected chi connectivity index (χ0v) is 10.5. The Kier molecular flexibility index (Phi) is 5.77. The van der Waals surface area contributed by atoms with Crippen LogP contribution in [0.2, 0.25) is 0 Å². The Bertz CT molecular complexity index is 218. The number of nitrogens with one attached hydrogen (secondary N) is 1. The summed E-state index contributed by atoms with van der Waals surface area (Å²) in [6, 6.07) is 0.382. The fourth-order valence-corrected chi connectivity index (χ4v) is 2.45. The number of primary amides is 1. The summed E-state index contributed by atoms with van der Waals surface area (Å²) in [6.07, 6.45) is 3.75. The van der Waals surface area contributed by atoms with Gasteiger partial charge in [0.1, 0.15) is 0 Å². The van der Waals surface area contributed by atoms with E-state index in [1.807, 2.05) is 0 Å². The molecule has 0 spiro atoms. The van der Waals surface area contributed by atoms with Gasteiger partial charge in [-0.25, -0.2) is 0 Å². The van der Waals surface area contributed by atoms with Crippen molar-refractivity contribution >= 4 is 5.91 Å². The van der Waals surface area contributed by atoms with E-state index in [1.165, 1.54) is 32.4 Å². The van der Waals surface area contributed by atoms with E-state index < -0.39 is 0 Å². The smallest absolute Gasteiger partial charge is 0.231 e. The molecule has 0 radical (unpaired) electrons. The number of carbonyl (C=O) groups excluding carboxylic acids is 1. The second kappa shape index (κ2) is 6.86. The van der Waals surface area contributed by atoms with Crippen LogP contribution >= 0.6 is 0 Å². The molecular weight excluding hydrogens is 202 g/mol. The van der Waals surface area contributed by atoms with E-state index in [2.05, 4.69) is 24.1 Å². The fraction of sp³-hybridized carbons (Fsp3) is 0.917. The van der Waals surface area contributed by atoms with Crippen LogP contribution in [-0.4, -0.2) is 43.0 Å². The van der Waals surface area contributed by atoms with Gasteiger partial charge in [-0.1, -0.05) is 6.92 Å². The first-order valence-electron chi connectivity index (χ1n) is 6.37. The van der Waals surface area contributed by atoms with Crippen molar-refractivity contribution in [2.75, 3.05) is 26.2 Å². The molecule has 0 bridgehead atoms. The SMILES string of the molecule is CCCN1CCCC(C(C)NCC(N)=O)C1. The molecule has 1 aliphatic rings. The van der Waals surface area contributed by atoms with Crippen LogP contribution in [0, 0.1) is 5.92 Å². The van der Waals surface area contributed by atoms with Gasteiger partial charge in [-0.05, 0) is 45.2 Å². The van der Waals surface area contributed by atoms with Crippen molar-refractivity contribution in [2.45, 2.75) is 39.2 Å². The minimum Gasteiger partial charge on any atom is -0.369 e. The van der Waals surface area contributed by atoms with Crippen LogP contribution in [0.5, 0.6) is 0 Å². The summed E-state index contributed by atoms with van der Waals surface area (Å²) >= 11 is 0. The van der Waals surface area contributed by atoms with Gasteiger partial charge < -0.3 is 16.0 Å². The Labute approximate surface area is 98.6 Å². The van der Waals surface area contributed by atoms with Crippen molar-refractivity contribution in [2.24, 2.45) is 11.7 Å². The third kappa shape index (κ3) is 4.49. The highest BCUT2D eigenvalue weighted by molar-refractivity contribution is 5.75. The van der Waals surface area contributed by atoms with Gasteiger partial charge in [0.15, 0.2) is 0 Å². The van der Waals surface area contributed by atoms with Crippen LogP contribution in [0.15, 0.2) is 0 Å². The van der Waals surface area contributed by atoms with Crippen LogP contribution in [0.3, 0.4) is 0 Å². The number of hydrogen-bond donors (Lipinski definition) is 2. The lowest BCUT2D eigenvalue weighted by Crippen LogP contribution is -2.46. The Balaban J connectivity index is 2.31. The number of hydrogen-bond acceptors (Lipinski definition) is 3. The molecule has 1 fully saturated rings. The molecular formula is C12H25N3O. The largest absolute Gasteiger partial charge is 0.369 e. The van der Waals surface area contributed by atoms with Gasteiger partial charge in [0.2, 0.25) is 5.91 Å². The summed E-state index contributed by atoms with van der Waals surface area (Å²) < 4.78 is 0. The predicted octanol–water partition coefficient (Wildman–Crippen LogP) is 0.572. The maximum atomic E-state index is 10.7. The average Bonchev–Trinajstić information content (AvgIpc) is 2.26. The molecule has 0 aliphatic carbocycles. The monoisotopic (exact) mass is 227 g/mol. The second-order valence-corrected chi connectivity index (χ2v) is 4.84. The molecule has 0 aromatic heterocycles. The highest BCUT2D eigenvalue weighted by atomic mass is 16.1. The van der Waals surface area contributed by atoms with Gasteiger partial charge in [0.05, 0.1) is 6.54 Å². The molecule has 1 saturated heterocycles. The maximum Gasteiger partial charge on any atom is 0.231 e. The number of nitrogens with two attached hydrogens (primary N) is 1. The second-order valence-electron chi connectivity index (χ2n) is 4.84. The van der Waals surface area contributed by atoms with Crippen molar-refractivity contribution in [3.63, 3.8) is 0 Å². The van der Waals surface area contributed by atoms with E-state index in [-0.39, 0.29) is 5.91 Å². The lowest BCUT2D eigenvalue weighted by Gasteiger charge is -2.35. The number of piperidine rings is 1. The quantitative estimate of drug-likeness (QED) is 0.697. The van der Waals surface area contributed by atoms with Gasteiger partial charge in [0, 0.05) is 12.6 Å². The normalized spacial score (nSPS) is 24.2. The first-order chi connectivity index (χ1) is 7.63. The summed E-state index contributed by atoms with van der Waals surface area (Å²) in [4.78, 5) is 13.2. The van der Waals surface area contributed by atoms with Crippen LogP contribution in [-0.2, 0) is 4.79 Å². The number of likely N-dealkylation sites (tertiary alicyclic amines) is 1. The third-order valence-corrected chi connectivity index (χ3v) is 3.39. The van der Waals surface area contributed by atoms with E-state index in [0.717, 1.165) is 6.54 Å². The highest BCUT2D eigenvalue weighted by Gasteiger charge is 2.23. The molecule has 1 heterocycles. The topological polar surface area (TPSA) is 58.4 Å². The van der Waals surface area contributed by atoms with Crippen LogP contribution in [0.1, 0.15) is 33.1 Å². The molecule has 4 nitrogen and oxygen atoms in total. The van der Waals surface area contributed by atoms with Crippen molar-refractivity contribution in [1.29, 1.82) is 0 Å². The van der Waals surface area contributed by atoms with Gasteiger partial charge in [0.25, 0.3) is 0 Å². The molecule has 4 heteroatoms. The summed E-state index contributed by atoms with van der Waals surface area (Å²) in [5, 5.41) is 3.21. The standard InChI is InChI=1S/C12H25N3O/c1-3-6-15-7-4-5-11(9-15)10(2)14-8-12(13)16/h10-11,14H,3-9H2,1-2H3,(H2,13,16). The number of carbonyl (C=O) groups is 1. The zero-order valence-electron chi connectivity index (χ0n) is 10.5. The minimum absolute atomic E-state index is 0.270.